The van der Waals surface area contributed by atoms with E-state index in [9.17, 15) is 14.7 Å². The van der Waals surface area contributed by atoms with Gasteiger partial charge in [-0.05, 0) is 60.7 Å². The molecule has 0 bridgehead atoms. The number of amides is 1. The lowest BCUT2D eigenvalue weighted by Crippen LogP contribution is -2.46. The normalized spacial score (nSPS) is 12.4. The molecule has 0 aliphatic carbocycles. The Balaban J connectivity index is 0.00000178. The summed E-state index contributed by atoms with van der Waals surface area (Å²) in [5.41, 5.74) is 2.87. The molecule has 4 aromatic rings. The Morgan fingerprint density at radius 2 is 1.49 bits per heavy atom. The van der Waals surface area contributed by atoms with Crippen LogP contribution in [0.25, 0.3) is 10.9 Å². The molecule has 11 heteroatoms. The van der Waals surface area contributed by atoms with Crippen LogP contribution in [0.15, 0.2) is 78.9 Å². The number of carboxylic acids is 1. The lowest BCUT2D eigenvalue weighted by Gasteiger charge is -2.37. The number of aromatic carboxylic acids is 1. The Labute approximate surface area is 245 Å². The Bertz CT molecular complexity index is 1410. The molecule has 39 heavy (non-hydrogen) atoms. The molecular weight excluding hydrogens is 563 g/mol. The molecule has 1 aliphatic rings. The number of benzene rings is 3. The highest BCUT2D eigenvalue weighted by Gasteiger charge is 2.21. The van der Waals surface area contributed by atoms with Crippen LogP contribution in [0.3, 0.4) is 0 Å². The van der Waals surface area contributed by atoms with Crippen LogP contribution in [0.2, 0.25) is 0 Å². The van der Waals surface area contributed by atoms with Crippen LogP contribution in [0.5, 0.6) is 5.75 Å². The van der Waals surface area contributed by atoms with Gasteiger partial charge < -0.3 is 25.0 Å². The van der Waals surface area contributed by atoms with Gasteiger partial charge in [-0.25, -0.2) is 9.78 Å². The predicted octanol–water partition coefficient (Wildman–Crippen LogP) is 5.79. The first-order valence-electron chi connectivity index (χ1n) is 11.7. The van der Waals surface area contributed by atoms with Gasteiger partial charge in [0.15, 0.2) is 0 Å². The van der Waals surface area contributed by atoms with Crippen molar-refractivity contribution in [1.29, 1.82) is 0 Å². The van der Waals surface area contributed by atoms with Crippen LogP contribution in [0.4, 0.5) is 17.2 Å². The monoisotopic (exact) mass is 590 g/mol. The molecule has 2 N–H and O–H groups in total. The highest BCUT2D eigenvalue weighted by Crippen LogP contribution is 2.28. The topological polar surface area (TPSA) is 95.0 Å². The number of carbonyl (C=O) groups excluding carboxylic acids is 1. The highest BCUT2D eigenvalue weighted by atomic mass is 35.5. The van der Waals surface area contributed by atoms with Crippen molar-refractivity contribution in [2.75, 3.05) is 48.4 Å². The number of carboxylic acid groups (broad SMARTS) is 1. The maximum absolute atomic E-state index is 12.7. The molecule has 0 unspecified atom stereocenters. The van der Waals surface area contributed by atoms with E-state index >= 15 is 0 Å². The van der Waals surface area contributed by atoms with Gasteiger partial charge in [0, 0.05) is 48.5 Å². The summed E-state index contributed by atoms with van der Waals surface area (Å²) in [6, 6.07) is 23.8. The van der Waals surface area contributed by atoms with Gasteiger partial charge in [0.25, 0.3) is 5.91 Å². The Morgan fingerprint density at radius 3 is 2.10 bits per heavy atom. The minimum atomic E-state index is -1.04. The van der Waals surface area contributed by atoms with E-state index in [2.05, 4.69) is 27.2 Å². The molecule has 2 heterocycles. The number of para-hydroxylation sites is 1. The summed E-state index contributed by atoms with van der Waals surface area (Å²) in [5.74, 6) is -0.0331. The number of carbonyl (C=O) groups is 2. The van der Waals surface area contributed by atoms with E-state index in [0.29, 0.717) is 33.7 Å². The Morgan fingerprint density at radius 1 is 0.846 bits per heavy atom. The lowest BCUT2D eigenvalue weighted by molar-refractivity contribution is 0.0698. The first-order chi connectivity index (χ1) is 17.5. The minimum Gasteiger partial charge on any atom is -0.497 e. The lowest BCUT2D eigenvalue weighted by atomic mass is 10.1. The van der Waals surface area contributed by atoms with Crippen LogP contribution in [0, 0.1) is 0 Å². The number of fused-ring (bicyclic) bond motifs is 1. The summed E-state index contributed by atoms with van der Waals surface area (Å²) < 4.78 is 5.13. The van der Waals surface area contributed by atoms with Crippen molar-refractivity contribution in [3.05, 3.63) is 90.0 Å². The summed E-state index contributed by atoms with van der Waals surface area (Å²) >= 11 is 0. The van der Waals surface area contributed by atoms with E-state index in [0.717, 1.165) is 26.2 Å². The van der Waals surface area contributed by atoms with E-state index in [1.54, 1.807) is 55.6 Å². The molecule has 3 aromatic carbocycles. The second-order valence-corrected chi connectivity index (χ2v) is 8.56. The average Bonchev–Trinajstić information content (AvgIpc) is 2.93. The Hall–Kier alpha value is -3.72. The minimum absolute atomic E-state index is 0. The number of pyridine rings is 1. The van der Waals surface area contributed by atoms with Gasteiger partial charge in [-0.2, -0.15) is 0 Å². The van der Waals surface area contributed by atoms with Crippen LogP contribution in [-0.2, 0) is 0 Å². The van der Waals surface area contributed by atoms with E-state index in [1.165, 1.54) is 5.69 Å². The molecule has 0 saturated carbocycles. The number of nitrogens with zero attached hydrogens (tertiary/aromatic N) is 3. The number of methoxy groups -OCH3 is 1. The van der Waals surface area contributed by atoms with Gasteiger partial charge in [-0.3, -0.25) is 4.79 Å². The van der Waals surface area contributed by atoms with E-state index < -0.39 is 5.97 Å². The molecule has 0 radical (unpaired) electrons. The van der Waals surface area contributed by atoms with Gasteiger partial charge in [0.1, 0.15) is 11.6 Å². The number of nitrogens with one attached hydrogen (secondary N) is 1. The molecule has 1 amide bonds. The van der Waals surface area contributed by atoms with Gasteiger partial charge in [0.05, 0.1) is 18.2 Å². The van der Waals surface area contributed by atoms with Crippen LogP contribution < -0.4 is 19.9 Å². The molecule has 206 valence electrons. The van der Waals surface area contributed by atoms with Gasteiger partial charge >= 0.3 is 5.97 Å². The zero-order valence-corrected chi connectivity index (χ0v) is 23.5. The number of rotatable bonds is 6. The SMILES string of the molecule is COc1ccc(C(=O)Nc2ccc3nc(N4CCN(c5ccccc5)CC4)cc(C(=O)O)c3c2)cc1.Cl.Cl.Cl. The van der Waals surface area contributed by atoms with Crippen LogP contribution in [0.1, 0.15) is 20.7 Å². The fraction of sp³-hybridized carbons (Fsp3) is 0.179. The number of hydrogen-bond donors (Lipinski definition) is 2. The molecule has 0 spiro atoms. The first kappa shape index (κ1) is 31.5. The molecule has 1 aromatic heterocycles. The Kier molecular flexibility index (Phi) is 11.2. The smallest absolute Gasteiger partial charge is 0.336 e. The van der Waals surface area contributed by atoms with Crippen LogP contribution >= 0.6 is 37.2 Å². The largest absolute Gasteiger partial charge is 0.497 e. The fourth-order valence-electron chi connectivity index (χ4n) is 4.41. The summed E-state index contributed by atoms with van der Waals surface area (Å²) in [4.78, 5) is 34.0. The summed E-state index contributed by atoms with van der Waals surface area (Å²) in [6.45, 7) is 3.12. The standard InChI is InChI=1S/C28H26N4O4.3ClH/c1-36-22-10-7-19(8-11-22)27(33)29-20-9-12-25-23(17-20)24(28(34)35)18-26(30-25)32-15-13-31(14-16-32)21-5-3-2-4-6-21;;;/h2-12,17-18H,13-16H2,1H3,(H,29,33)(H,34,35);3*1H. The molecule has 1 fully saturated rings. The third-order valence-electron chi connectivity index (χ3n) is 6.36. The maximum Gasteiger partial charge on any atom is 0.336 e. The maximum atomic E-state index is 12.7. The number of piperazine rings is 1. The first-order valence-corrected chi connectivity index (χ1v) is 11.7. The second kappa shape index (κ2) is 13.9. The van der Waals surface area contributed by atoms with Gasteiger partial charge in [0.2, 0.25) is 0 Å². The van der Waals surface area contributed by atoms with Crippen molar-refractivity contribution in [2.45, 2.75) is 0 Å². The van der Waals surface area contributed by atoms with E-state index in [-0.39, 0.29) is 48.7 Å². The molecule has 8 nitrogen and oxygen atoms in total. The molecule has 0 atom stereocenters. The summed E-state index contributed by atoms with van der Waals surface area (Å²) in [7, 11) is 1.56. The van der Waals surface area contributed by atoms with Crippen molar-refractivity contribution >= 4 is 77.2 Å². The number of hydrogen-bond acceptors (Lipinski definition) is 6. The molecular formula is C28H29Cl3N4O4. The third-order valence-corrected chi connectivity index (χ3v) is 6.36. The van der Waals surface area contributed by atoms with Gasteiger partial charge in [-0.15, -0.1) is 37.2 Å². The van der Waals surface area contributed by atoms with Gasteiger partial charge in [-0.1, -0.05) is 18.2 Å². The highest BCUT2D eigenvalue weighted by molar-refractivity contribution is 6.08. The van der Waals surface area contributed by atoms with E-state index in [1.807, 2.05) is 18.2 Å². The second-order valence-electron chi connectivity index (χ2n) is 8.56. The van der Waals surface area contributed by atoms with Crippen molar-refractivity contribution in [3.63, 3.8) is 0 Å². The molecule has 1 aliphatic heterocycles. The summed E-state index contributed by atoms with van der Waals surface area (Å²) in [5, 5.41) is 13.3. The van der Waals surface area contributed by atoms with Crippen LogP contribution in [-0.4, -0.2) is 55.3 Å². The number of anilines is 3. The fourth-order valence-corrected chi connectivity index (χ4v) is 4.41. The zero-order chi connectivity index (χ0) is 25.1. The van der Waals surface area contributed by atoms with Crippen molar-refractivity contribution in [3.8, 4) is 5.75 Å². The van der Waals surface area contributed by atoms with Crippen molar-refractivity contribution < 1.29 is 19.4 Å². The van der Waals surface area contributed by atoms with Crippen molar-refractivity contribution in [2.24, 2.45) is 0 Å². The number of aromatic nitrogens is 1. The molecule has 1 saturated heterocycles. The third kappa shape index (κ3) is 7.03. The average molecular weight is 592 g/mol. The van der Waals surface area contributed by atoms with E-state index in [4.69, 9.17) is 9.72 Å². The zero-order valence-electron chi connectivity index (χ0n) is 21.1. The predicted molar refractivity (Wildman–Crippen MR) is 162 cm³/mol. The molecule has 5 rings (SSSR count). The quantitative estimate of drug-likeness (QED) is 0.293. The number of ether oxygens (including phenoxy) is 1. The number of halogens is 3. The summed E-state index contributed by atoms with van der Waals surface area (Å²) in [6.07, 6.45) is 0. The van der Waals surface area contributed by atoms with Crippen molar-refractivity contribution in [1.82, 2.24) is 4.98 Å².